The van der Waals surface area contributed by atoms with E-state index in [9.17, 15) is 0 Å². The minimum absolute atomic E-state index is 0. The summed E-state index contributed by atoms with van der Waals surface area (Å²) >= 11 is 0. The molecule has 3 rings (SSSR count). The van der Waals surface area contributed by atoms with E-state index in [4.69, 9.17) is 9.05 Å². The van der Waals surface area contributed by atoms with Crippen LogP contribution in [0.3, 0.4) is 0 Å². The van der Waals surface area contributed by atoms with E-state index < -0.39 is 8.38 Å². The zero-order chi connectivity index (χ0) is 20.4. The standard InChI is InChI=1S/C25H34O2P.CH3.Fe/c1-24(2,3)20-15-9-11-17-22(20)26-28(19-13-7-8-14-19)27-23-18-12-10-16-21(23)25(4,5)6;;/h9-13,15-19H,7-8,14H2,1-6H3;1H3;/q2*-1;+2. The van der Waals surface area contributed by atoms with Gasteiger partial charge in [0.15, 0.2) is 0 Å². The first-order chi connectivity index (χ1) is 13.2. The molecule has 4 heteroatoms. The van der Waals surface area contributed by atoms with Crippen molar-refractivity contribution in [1.29, 1.82) is 0 Å². The van der Waals surface area contributed by atoms with E-state index in [1.807, 2.05) is 0 Å². The van der Waals surface area contributed by atoms with Gasteiger partial charge in [0.2, 0.25) is 0 Å². The van der Waals surface area contributed by atoms with Crippen LogP contribution in [-0.2, 0) is 27.9 Å². The molecule has 2 aromatic rings. The van der Waals surface area contributed by atoms with Crippen molar-refractivity contribution >= 4 is 8.38 Å². The van der Waals surface area contributed by atoms with Gasteiger partial charge in [0.05, 0.1) is 0 Å². The molecule has 0 heterocycles. The van der Waals surface area contributed by atoms with Crippen molar-refractivity contribution in [3.63, 3.8) is 0 Å². The molecule has 0 saturated heterocycles. The normalized spacial score (nSPS) is 16.6. The molecule has 0 aliphatic heterocycles. The van der Waals surface area contributed by atoms with E-state index in [2.05, 4.69) is 96.5 Å². The van der Waals surface area contributed by atoms with Crippen LogP contribution in [0.5, 0.6) is 11.5 Å². The van der Waals surface area contributed by atoms with E-state index in [0.29, 0.717) is 5.66 Å². The molecule has 0 bridgehead atoms. The maximum Gasteiger partial charge on any atom is 2.00 e. The van der Waals surface area contributed by atoms with Crippen LogP contribution in [0, 0.1) is 13.8 Å². The maximum absolute atomic E-state index is 6.64. The molecule has 0 radical (unpaired) electrons. The molecule has 1 saturated carbocycles. The Balaban J connectivity index is 0.00000225. The van der Waals surface area contributed by atoms with Gasteiger partial charge in [0, 0.05) is 0 Å². The SMILES string of the molecule is CC(C)(C)c1ccccc1OP(Oc1ccccc1C(C)(C)C)C1[CH-]CCC1.[CH3-].[Fe+2]. The van der Waals surface area contributed by atoms with E-state index in [1.54, 1.807) is 0 Å². The first kappa shape index (κ1) is 27.0. The molecule has 0 amide bonds. The Bertz CT molecular complexity index is 727. The zero-order valence-electron chi connectivity index (χ0n) is 19.5. The molecule has 1 fully saturated rings. The second kappa shape index (κ2) is 11.0. The van der Waals surface area contributed by atoms with Crippen LogP contribution < -0.4 is 9.05 Å². The Hall–Kier alpha value is -1.01. The first-order valence-electron chi connectivity index (χ1n) is 10.3. The molecule has 1 unspecified atom stereocenters. The third-order valence-corrected chi connectivity index (χ3v) is 6.94. The Kier molecular flexibility index (Phi) is 9.94. The van der Waals surface area contributed by atoms with Gasteiger partial charge in [-0.1, -0.05) is 96.4 Å². The average Bonchev–Trinajstić information content (AvgIpc) is 3.15. The predicted octanol–water partition coefficient (Wildman–Crippen LogP) is 8.26. The largest absolute Gasteiger partial charge is 2.00 e. The van der Waals surface area contributed by atoms with Crippen molar-refractivity contribution in [2.75, 3.05) is 0 Å². The minimum Gasteiger partial charge on any atom is -0.440 e. The Labute approximate surface area is 196 Å². The van der Waals surface area contributed by atoms with Gasteiger partial charge in [-0.3, -0.25) is 0 Å². The number of benzene rings is 2. The van der Waals surface area contributed by atoms with Crippen LogP contribution in [0.2, 0.25) is 0 Å². The third kappa shape index (κ3) is 6.74. The number of para-hydroxylation sites is 2. The fourth-order valence-electron chi connectivity index (χ4n) is 3.63. The molecule has 0 N–H and O–H groups in total. The van der Waals surface area contributed by atoms with Gasteiger partial charge in [-0.25, -0.2) is 0 Å². The summed E-state index contributed by atoms with van der Waals surface area (Å²) in [7, 11) is -1.10. The minimum atomic E-state index is -1.10. The van der Waals surface area contributed by atoms with Crippen molar-refractivity contribution in [3.8, 4) is 11.5 Å². The topological polar surface area (TPSA) is 18.5 Å². The van der Waals surface area contributed by atoms with Crippen LogP contribution in [0.25, 0.3) is 0 Å². The molecule has 1 atom stereocenters. The van der Waals surface area contributed by atoms with Crippen LogP contribution in [0.4, 0.5) is 0 Å². The summed E-state index contributed by atoms with van der Waals surface area (Å²) in [5.74, 6) is 1.91. The van der Waals surface area contributed by atoms with Crippen molar-refractivity contribution < 1.29 is 26.1 Å². The monoisotopic (exact) mass is 468 g/mol. The van der Waals surface area contributed by atoms with Crippen molar-refractivity contribution in [2.45, 2.75) is 77.3 Å². The van der Waals surface area contributed by atoms with E-state index in [0.717, 1.165) is 24.3 Å². The third-order valence-electron chi connectivity index (χ3n) is 5.18. The number of rotatable bonds is 5. The quantitative estimate of drug-likeness (QED) is 0.250. The second-order valence-corrected chi connectivity index (χ2v) is 11.3. The van der Waals surface area contributed by atoms with Gasteiger partial charge >= 0.3 is 17.1 Å². The molecule has 166 valence electrons. The van der Waals surface area contributed by atoms with E-state index in [-0.39, 0.29) is 35.3 Å². The summed E-state index contributed by atoms with van der Waals surface area (Å²) < 4.78 is 13.3. The molecule has 2 aromatic carbocycles. The fraction of sp³-hybridized carbons (Fsp3) is 0.462. The van der Waals surface area contributed by atoms with Crippen LogP contribution in [0.15, 0.2) is 48.5 Å². The van der Waals surface area contributed by atoms with Crippen molar-refractivity contribution in [1.82, 2.24) is 0 Å². The molecule has 1 aliphatic carbocycles. The smallest absolute Gasteiger partial charge is 0.440 e. The summed E-state index contributed by atoms with van der Waals surface area (Å²) in [6.07, 6.45) is 5.91. The molecule has 2 nitrogen and oxygen atoms in total. The van der Waals surface area contributed by atoms with E-state index in [1.165, 1.54) is 17.5 Å². The van der Waals surface area contributed by atoms with Gasteiger partial charge < -0.3 is 22.9 Å². The maximum atomic E-state index is 6.64. The number of hydrogen-bond acceptors (Lipinski definition) is 2. The van der Waals surface area contributed by atoms with Crippen LogP contribution >= 0.6 is 8.38 Å². The average molecular weight is 468 g/mol. The zero-order valence-corrected chi connectivity index (χ0v) is 21.5. The molecule has 30 heavy (non-hydrogen) atoms. The van der Waals surface area contributed by atoms with Crippen molar-refractivity contribution in [3.05, 3.63) is 73.5 Å². The Morgan fingerprint density at radius 3 is 1.60 bits per heavy atom. The van der Waals surface area contributed by atoms with E-state index >= 15 is 0 Å². The molecule has 1 aliphatic rings. The molecule has 0 aromatic heterocycles. The Morgan fingerprint density at radius 2 is 1.23 bits per heavy atom. The second-order valence-electron chi connectivity index (χ2n) is 9.69. The Morgan fingerprint density at radius 1 is 0.800 bits per heavy atom. The van der Waals surface area contributed by atoms with Crippen LogP contribution in [0.1, 0.15) is 71.9 Å². The summed E-state index contributed by atoms with van der Waals surface area (Å²) in [5.41, 5.74) is 2.89. The predicted molar refractivity (Wildman–Crippen MR) is 127 cm³/mol. The van der Waals surface area contributed by atoms with Gasteiger partial charge in [-0.15, -0.1) is 0 Å². The molecular formula is C26H37FeO2P. The van der Waals surface area contributed by atoms with Crippen molar-refractivity contribution in [2.24, 2.45) is 0 Å². The van der Waals surface area contributed by atoms with Gasteiger partial charge in [0.25, 0.3) is 8.38 Å². The molecular weight excluding hydrogens is 431 g/mol. The summed E-state index contributed by atoms with van der Waals surface area (Å²) in [6, 6.07) is 16.8. The number of hydrogen-bond donors (Lipinski definition) is 0. The van der Waals surface area contributed by atoms with Gasteiger partial charge in [-0.05, 0) is 34.1 Å². The summed E-state index contributed by atoms with van der Waals surface area (Å²) in [5, 5.41) is 0. The first-order valence-corrected chi connectivity index (χ1v) is 11.6. The summed E-state index contributed by atoms with van der Waals surface area (Å²) in [4.78, 5) is 0. The summed E-state index contributed by atoms with van der Waals surface area (Å²) in [6.45, 7) is 13.4. The van der Waals surface area contributed by atoms with Crippen LogP contribution in [-0.4, -0.2) is 5.66 Å². The molecule has 0 spiro atoms. The van der Waals surface area contributed by atoms with Gasteiger partial charge in [-0.2, -0.15) is 6.42 Å². The fourth-order valence-corrected chi connectivity index (χ4v) is 5.35. The van der Waals surface area contributed by atoms with Gasteiger partial charge in [0.1, 0.15) is 11.5 Å².